The number of fused-ring (bicyclic) bond motifs is 2. The highest BCUT2D eigenvalue weighted by Crippen LogP contribution is 2.57. The summed E-state index contributed by atoms with van der Waals surface area (Å²) in [5, 5.41) is 10.2. The van der Waals surface area contributed by atoms with E-state index in [1.165, 1.54) is 25.3 Å². The highest BCUT2D eigenvalue weighted by Gasteiger charge is 2.64. The molecule has 0 bridgehead atoms. The van der Waals surface area contributed by atoms with Gasteiger partial charge in [0.05, 0.1) is 6.61 Å². The summed E-state index contributed by atoms with van der Waals surface area (Å²) >= 11 is 0. The third-order valence-corrected chi connectivity index (χ3v) is 8.28. The topological polar surface area (TPSA) is 68.3 Å². The lowest BCUT2D eigenvalue weighted by molar-refractivity contribution is -0.121. The Morgan fingerprint density at radius 2 is 1.97 bits per heavy atom. The smallest absolute Gasteiger partial charge is 0.345 e. The Balaban J connectivity index is 1.45. The lowest BCUT2D eigenvalue weighted by Gasteiger charge is -2.48. The summed E-state index contributed by atoms with van der Waals surface area (Å²) in [7, 11) is 0. The van der Waals surface area contributed by atoms with Crippen LogP contribution in [0.5, 0.6) is 11.5 Å². The molecule has 5 atom stereocenters. The molecule has 156 valence electrons. The minimum Gasteiger partial charge on any atom is -0.508 e. The van der Waals surface area contributed by atoms with E-state index in [1.807, 2.05) is 0 Å². The molecular weight excluding hydrogens is 368 g/mol. The van der Waals surface area contributed by atoms with Gasteiger partial charge in [-0.1, -0.05) is 25.5 Å². The van der Waals surface area contributed by atoms with Gasteiger partial charge in [-0.05, 0) is 68.4 Å². The second-order valence-corrected chi connectivity index (χ2v) is 9.69. The first-order valence-electron chi connectivity index (χ1n) is 10.8. The fourth-order valence-corrected chi connectivity index (χ4v) is 5.80. The van der Waals surface area contributed by atoms with Gasteiger partial charge in [0, 0.05) is 12.0 Å². The fourth-order valence-electron chi connectivity index (χ4n) is 5.80. The van der Waals surface area contributed by atoms with Crippen LogP contribution in [0.4, 0.5) is 0 Å². The molecule has 2 heterocycles. The van der Waals surface area contributed by atoms with Gasteiger partial charge < -0.3 is 19.3 Å². The van der Waals surface area contributed by atoms with Gasteiger partial charge in [0.2, 0.25) is 0 Å². The molecule has 0 amide bonds. The molecule has 2 aliphatic carbocycles. The number of phenols is 1. The molecule has 0 unspecified atom stereocenters. The monoisotopic (exact) mass is 398 g/mol. The SMILES string of the molecule is Cc1c(O)cc2c(c1C)C(=O)O[C@@H]([C@@]1([C@@H]3CC=C4CCC[C@H](C)[C@@]4(C)C3)CO1)O2. The molecule has 1 saturated heterocycles. The third-order valence-electron chi connectivity index (χ3n) is 8.28. The van der Waals surface area contributed by atoms with Crippen molar-refractivity contribution in [2.24, 2.45) is 17.3 Å². The number of ether oxygens (including phenoxy) is 3. The standard InChI is InChI=1S/C24H30O5/c1-13-6-5-7-16-8-9-17(11-23(13,16)4)24(12-27-24)22-28-19-10-18(25)14(2)15(3)20(19)21(26)29-22/h8,10,13,17,22,25H,5-7,9,11-12H2,1-4H3/t13-,17+,22-,23+,24-/m0/s1. The maximum Gasteiger partial charge on any atom is 0.345 e. The van der Waals surface area contributed by atoms with E-state index in [2.05, 4.69) is 19.9 Å². The lowest BCUT2D eigenvalue weighted by atomic mass is 9.57. The molecular formula is C24H30O5. The molecule has 1 saturated carbocycles. The van der Waals surface area contributed by atoms with Gasteiger partial charge in [-0.3, -0.25) is 0 Å². The molecule has 1 aromatic rings. The van der Waals surface area contributed by atoms with Crippen LogP contribution >= 0.6 is 0 Å². The number of carbonyl (C=O) groups is 1. The van der Waals surface area contributed by atoms with Gasteiger partial charge in [-0.25, -0.2) is 4.79 Å². The van der Waals surface area contributed by atoms with Crippen molar-refractivity contribution in [2.75, 3.05) is 6.61 Å². The number of aromatic hydroxyl groups is 1. The number of phenolic OH excluding ortho intramolecular Hbond substituents is 1. The lowest BCUT2D eigenvalue weighted by Crippen LogP contribution is -2.50. The Morgan fingerprint density at radius 3 is 2.69 bits per heavy atom. The predicted molar refractivity (Wildman–Crippen MR) is 108 cm³/mol. The summed E-state index contributed by atoms with van der Waals surface area (Å²) in [5.74, 6) is 1.02. The van der Waals surface area contributed by atoms with Crippen molar-refractivity contribution in [3.63, 3.8) is 0 Å². The minimum atomic E-state index is -0.772. The van der Waals surface area contributed by atoms with E-state index in [-0.39, 0.29) is 17.1 Å². The van der Waals surface area contributed by atoms with E-state index >= 15 is 0 Å². The number of allylic oxidation sites excluding steroid dienone is 2. The average molecular weight is 398 g/mol. The zero-order valence-corrected chi connectivity index (χ0v) is 17.7. The van der Waals surface area contributed by atoms with Crippen LogP contribution in [0.15, 0.2) is 17.7 Å². The second kappa shape index (κ2) is 6.24. The normalized spacial score (nSPS) is 38.3. The Hall–Kier alpha value is -2.01. The maximum atomic E-state index is 12.8. The highest BCUT2D eigenvalue weighted by atomic mass is 16.7. The van der Waals surface area contributed by atoms with Crippen LogP contribution in [0.25, 0.3) is 0 Å². The summed E-state index contributed by atoms with van der Waals surface area (Å²) in [4.78, 5) is 12.8. The number of hydrogen-bond acceptors (Lipinski definition) is 5. The average Bonchev–Trinajstić information content (AvgIpc) is 3.48. The number of cyclic esters (lactones) is 1. The summed E-state index contributed by atoms with van der Waals surface area (Å²) in [5.41, 5.74) is 2.96. The first-order chi connectivity index (χ1) is 13.8. The molecule has 5 nitrogen and oxygen atoms in total. The van der Waals surface area contributed by atoms with E-state index in [1.54, 1.807) is 19.4 Å². The molecule has 4 aliphatic rings. The Bertz CT molecular complexity index is 912. The zero-order valence-electron chi connectivity index (χ0n) is 17.7. The van der Waals surface area contributed by atoms with Crippen LogP contribution in [-0.2, 0) is 9.47 Å². The van der Waals surface area contributed by atoms with Crippen molar-refractivity contribution < 1.29 is 24.1 Å². The van der Waals surface area contributed by atoms with Crippen LogP contribution < -0.4 is 4.74 Å². The molecule has 1 N–H and O–H groups in total. The number of hydrogen-bond donors (Lipinski definition) is 1. The maximum absolute atomic E-state index is 12.8. The van der Waals surface area contributed by atoms with E-state index < -0.39 is 17.9 Å². The van der Waals surface area contributed by atoms with Crippen molar-refractivity contribution in [3.8, 4) is 11.5 Å². The van der Waals surface area contributed by atoms with Gasteiger partial charge in [-0.2, -0.15) is 0 Å². The summed E-state index contributed by atoms with van der Waals surface area (Å²) in [6.45, 7) is 8.87. The van der Waals surface area contributed by atoms with Crippen molar-refractivity contribution in [1.29, 1.82) is 0 Å². The molecule has 2 fully saturated rings. The van der Waals surface area contributed by atoms with Crippen molar-refractivity contribution in [1.82, 2.24) is 0 Å². The van der Waals surface area contributed by atoms with Gasteiger partial charge in [0.15, 0.2) is 5.60 Å². The minimum absolute atomic E-state index is 0.134. The fraction of sp³-hybridized carbons (Fsp3) is 0.625. The molecule has 5 rings (SSSR count). The largest absolute Gasteiger partial charge is 0.508 e. The number of rotatable bonds is 2. The van der Waals surface area contributed by atoms with Gasteiger partial charge in [0.25, 0.3) is 6.29 Å². The van der Waals surface area contributed by atoms with Crippen LogP contribution in [0, 0.1) is 31.1 Å². The molecule has 0 radical (unpaired) electrons. The Morgan fingerprint density at radius 1 is 1.21 bits per heavy atom. The first-order valence-corrected chi connectivity index (χ1v) is 10.8. The van der Waals surface area contributed by atoms with E-state index in [0.29, 0.717) is 35.0 Å². The molecule has 0 spiro atoms. The second-order valence-electron chi connectivity index (χ2n) is 9.69. The van der Waals surface area contributed by atoms with Crippen LogP contribution in [0.3, 0.4) is 0 Å². The molecule has 0 aromatic heterocycles. The van der Waals surface area contributed by atoms with Crippen LogP contribution in [-0.4, -0.2) is 29.6 Å². The van der Waals surface area contributed by atoms with Gasteiger partial charge in [-0.15, -0.1) is 0 Å². The number of esters is 1. The molecule has 2 aliphatic heterocycles. The Kier molecular flexibility index (Phi) is 4.09. The van der Waals surface area contributed by atoms with Crippen molar-refractivity contribution >= 4 is 5.97 Å². The Labute approximate surface area is 172 Å². The highest BCUT2D eigenvalue weighted by molar-refractivity contribution is 5.96. The number of benzene rings is 1. The number of epoxide rings is 1. The van der Waals surface area contributed by atoms with E-state index in [9.17, 15) is 9.90 Å². The van der Waals surface area contributed by atoms with Gasteiger partial charge in [0.1, 0.15) is 17.1 Å². The van der Waals surface area contributed by atoms with E-state index in [0.717, 1.165) is 12.8 Å². The van der Waals surface area contributed by atoms with Crippen molar-refractivity contribution in [3.05, 3.63) is 34.4 Å². The predicted octanol–water partition coefficient (Wildman–Crippen LogP) is 4.82. The van der Waals surface area contributed by atoms with Gasteiger partial charge >= 0.3 is 5.97 Å². The summed E-state index contributed by atoms with van der Waals surface area (Å²) in [6, 6.07) is 1.53. The van der Waals surface area contributed by atoms with E-state index in [4.69, 9.17) is 14.2 Å². The summed E-state index contributed by atoms with van der Waals surface area (Å²) in [6.07, 6.45) is 7.33. The van der Waals surface area contributed by atoms with Crippen molar-refractivity contribution in [2.45, 2.75) is 71.7 Å². The van der Waals surface area contributed by atoms with Crippen LogP contribution in [0.1, 0.15) is 67.4 Å². The van der Waals surface area contributed by atoms with Crippen LogP contribution in [0.2, 0.25) is 0 Å². The molecule has 29 heavy (non-hydrogen) atoms. The molecule has 1 aromatic carbocycles. The zero-order chi connectivity index (χ0) is 20.6. The number of carbonyl (C=O) groups excluding carboxylic acids is 1. The quantitative estimate of drug-likeness (QED) is 0.440. The molecule has 5 heteroatoms. The first kappa shape index (κ1) is 19.0. The third kappa shape index (κ3) is 2.66. The summed E-state index contributed by atoms with van der Waals surface area (Å²) < 4.78 is 17.9.